The monoisotopic (exact) mass is 342 g/mol. The molecule has 0 aromatic heterocycles. The van der Waals surface area contributed by atoms with Crippen LogP contribution in [0.2, 0.25) is 5.02 Å². The van der Waals surface area contributed by atoms with Gasteiger partial charge in [-0.2, -0.15) is 0 Å². The first kappa shape index (κ1) is 17.6. The minimum atomic E-state index is 0. The summed E-state index contributed by atoms with van der Waals surface area (Å²) in [5.41, 5.74) is 1.63. The first-order chi connectivity index (χ1) is 10.1. The van der Waals surface area contributed by atoms with Gasteiger partial charge in [0.15, 0.2) is 0 Å². The molecule has 2 aliphatic rings. The van der Waals surface area contributed by atoms with E-state index in [9.17, 15) is 4.79 Å². The number of likely N-dealkylation sites (tertiary alicyclic amines) is 1. The smallest absolute Gasteiger partial charge is 0.254 e. The van der Waals surface area contributed by atoms with Crippen molar-refractivity contribution >= 4 is 29.9 Å². The summed E-state index contributed by atoms with van der Waals surface area (Å²) in [6.07, 6.45) is 4.88. The molecule has 1 aromatic carbocycles. The molecule has 5 heteroatoms. The lowest BCUT2D eigenvalue weighted by molar-refractivity contribution is 0.0704. The van der Waals surface area contributed by atoms with E-state index in [0.29, 0.717) is 11.1 Å². The van der Waals surface area contributed by atoms with Crippen LogP contribution in [0, 0.1) is 12.8 Å². The number of carbonyl (C=O) groups is 1. The number of benzene rings is 1. The topological polar surface area (TPSA) is 32.3 Å². The van der Waals surface area contributed by atoms with E-state index in [1.165, 1.54) is 12.8 Å². The number of hydrogen-bond acceptors (Lipinski definition) is 2. The standard InChI is InChI=1S/C17H23ClN2O.ClH/c1-12-15(3-2-4-16(12)18)17(21)20-9-7-14(8-10-20)19-11-13-5-6-13;/h2-4,13-14,19H,5-11H2,1H3;1H. The van der Waals surface area contributed by atoms with Crippen LogP contribution in [-0.4, -0.2) is 36.5 Å². The van der Waals surface area contributed by atoms with Gasteiger partial charge in [-0.15, -0.1) is 12.4 Å². The molecule has 3 nitrogen and oxygen atoms in total. The Morgan fingerprint density at radius 2 is 1.95 bits per heavy atom. The lowest BCUT2D eigenvalue weighted by Crippen LogP contribution is -2.45. The Kier molecular flexibility index (Phi) is 6.13. The molecule has 1 heterocycles. The van der Waals surface area contributed by atoms with Crippen LogP contribution in [0.25, 0.3) is 0 Å². The van der Waals surface area contributed by atoms with Crippen LogP contribution in [0.15, 0.2) is 18.2 Å². The van der Waals surface area contributed by atoms with Crippen molar-refractivity contribution in [3.8, 4) is 0 Å². The molecular formula is C17H24Cl2N2O. The average Bonchev–Trinajstić information content (AvgIpc) is 3.32. The van der Waals surface area contributed by atoms with E-state index in [1.54, 1.807) is 0 Å². The van der Waals surface area contributed by atoms with Gasteiger partial charge in [0.1, 0.15) is 0 Å². The maximum atomic E-state index is 12.6. The van der Waals surface area contributed by atoms with E-state index in [-0.39, 0.29) is 18.3 Å². The van der Waals surface area contributed by atoms with Gasteiger partial charge in [0.25, 0.3) is 5.91 Å². The summed E-state index contributed by atoms with van der Waals surface area (Å²) in [7, 11) is 0. The van der Waals surface area contributed by atoms with Gasteiger partial charge in [-0.3, -0.25) is 4.79 Å². The van der Waals surface area contributed by atoms with E-state index in [1.807, 2.05) is 30.0 Å². The summed E-state index contributed by atoms with van der Waals surface area (Å²) >= 11 is 6.12. The molecule has 22 heavy (non-hydrogen) atoms. The molecule has 1 amide bonds. The van der Waals surface area contributed by atoms with Crippen molar-refractivity contribution in [1.82, 2.24) is 10.2 Å². The summed E-state index contributed by atoms with van der Waals surface area (Å²) < 4.78 is 0. The zero-order valence-corrected chi connectivity index (χ0v) is 14.6. The van der Waals surface area contributed by atoms with Crippen molar-refractivity contribution in [1.29, 1.82) is 0 Å². The van der Waals surface area contributed by atoms with Crippen LogP contribution in [0.4, 0.5) is 0 Å². The maximum Gasteiger partial charge on any atom is 0.254 e. The highest BCUT2D eigenvalue weighted by atomic mass is 35.5. The van der Waals surface area contributed by atoms with Crippen molar-refractivity contribution in [3.63, 3.8) is 0 Å². The van der Waals surface area contributed by atoms with Crippen molar-refractivity contribution in [2.75, 3.05) is 19.6 Å². The van der Waals surface area contributed by atoms with E-state index in [2.05, 4.69) is 5.32 Å². The second kappa shape index (κ2) is 7.67. The second-order valence-corrected chi connectivity index (χ2v) is 6.74. The molecule has 1 aliphatic heterocycles. The number of piperidine rings is 1. The average molecular weight is 343 g/mol. The molecule has 0 unspecified atom stereocenters. The first-order valence-electron chi connectivity index (χ1n) is 7.93. The molecule has 3 rings (SSSR count). The number of halogens is 2. The SMILES string of the molecule is Cc1c(Cl)cccc1C(=O)N1CCC(NCC2CC2)CC1.Cl. The third-order valence-corrected chi connectivity index (χ3v) is 5.08. The zero-order valence-electron chi connectivity index (χ0n) is 13.0. The van der Waals surface area contributed by atoms with Crippen LogP contribution in [0.1, 0.15) is 41.6 Å². The molecule has 1 saturated heterocycles. The fourth-order valence-electron chi connectivity index (χ4n) is 2.95. The number of nitrogens with one attached hydrogen (secondary N) is 1. The zero-order chi connectivity index (χ0) is 14.8. The fourth-order valence-corrected chi connectivity index (χ4v) is 3.13. The van der Waals surface area contributed by atoms with E-state index in [0.717, 1.165) is 49.5 Å². The summed E-state index contributed by atoms with van der Waals surface area (Å²) in [5, 5.41) is 4.31. The molecular weight excluding hydrogens is 319 g/mol. The second-order valence-electron chi connectivity index (χ2n) is 6.33. The van der Waals surface area contributed by atoms with Crippen LogP contribution in [-0.2, 0) is 0 Å². The van der Waals surface area contributed by atoms with Crippen LogP contribution in [0.3, 0.4) is 0 Å². The Morgan fingerprint density at radius 1 is 1.27 bits per heavy atom. The number of hydrogen-bond donors (Lipinski definition) is 1. The van der Waals surface area contributed by atoms with Gasteiger partial charge in [-0.1, -0.05) is 17.7 Å². The fraction of sp³-hybridized carbons (Fsp3) is 0.588. The summed E-state index contributed by atoms with van der Waals surface area (Å²) in [6.45, 7) is 4.76. The Bertz CT molecular complexity index is 523. The van der Waals surface area contributed by atoms with E-state index in [4.69, 9.17) is 11.6 Å². The van der Waals surface area contributed by atoms with Gasteiger partial charge < -0.3 is 10.2 Å². The number of carbonyl (C=O) groups excluding carboxylic acids is 1. The van der Waals surface area contributed by atoms with Crippen molar-refractivity contribution < 1.29 is 4.79 Å². The minimum absolute atomic E-state index is 0. The van der Waals surface area contributed by atoms with E-state index < -0.39 is 0 Å². The number of amides is 1. The predicted octanol–water partition coefficient (Wildman–Crippen LogP) is 3.67. The summed E-state index contributed by atoms with van der Waals surface area (Å²) in [5.74, 6) is 1.04. The summed E-state index contributed by atoms with van der Waals surface area (Å²) in [6, 6.07) is 6.14. The highest BCUT2D eigenvalue weighted by Gasteiger charge is 2.26. The van der Waals surface area contributed by atoms with Gasteiger partial charge in [-0.25, -0.2) is 0 Å². The molecule has 0 radical (unpaired) electrons. The van der Waals surface area contributed by atoms with Gasteiger partial charge in [0, 0.05) is 29.7 Å². The van der Waals surface area contributed by atoms with E-state index >= 15 is 0 Å². The van der Waals surface area contributed by atoms with Gasteiger partial charge >= 0.3 is 0 Å². The summed E-state index contributed by atoms with van der Waals surface area (Å²) in [4.78, 5) is 14.6. The lowest BCUT2D eigenvalue weighted by Gasteiger charge is -2.33. The van der Waals surface area contributed by atoms with Crippen LogP contribution >= 0.6 is 24.0 Å². The van der Waals surface area contributed by atoms with Crippen LogP contribution in [0.5, 0.6) is 0 Å². The lowest BCUT2D eigenvalue weighted by atomic mass is 10.0. The Hall–Kier alpha value is -0.770. The highest BCUT2D eigenvalue weighted by molar-refractivity contribution is 6.31. The Morgan fingerprint density at radius 3 is 2.59 bits per heavy atom. The molecule has 122 valence electrons. The van der Waals surface area contributed by atoms with Crippen LogP contribution < -0.4 is 5.32 Å². The Labute approximate surface area is 143 Å². The molecule has 0 spiro atoms. The van der Waals surface area contributed by atoms with Crippen molar-refractivity contribution in [3.05, 3.63) is 34.3 Å². The van der Waals surface area contributed by atoms with Gasteiger partial charge in [-0.05, 0) is 62.8 Å². The maximum absolute atomic E-state index is 12.6. The Balaban J connectivity index is 0.00000176. The minimum Gasteiger partial charge on any atom is -0.339 e. The third-order valence-electron chi connectivity index (χ3n) is 4.67. The molecule has 0 bridgehead atoms. The molecule has 1 N–H and O–H groups in total. The highest BCUT2D eigenvalue weighted by Crippen LogP contribution is 2.28. The first-order valence-corrected chi connectivity index (χ1v) is 8.30. The van der Waals surface area contributed by atoms with Gasteiger partial charge in [0.2, 0.25) is 0 Å². The van der Waals surface area contributed by atoms with Crippen molar-refractivity contribution in [2.45, 2.75) is 38.6 Å². The number of rotatable bonds is 4. The quantitative estimate of drug-likeness (QED) is 0.905. The molecule has 2 fully saturated rings. The molecule has 0 atom stereocenters. The third kappa shape index (κ3) is 4.15. The molecule has 1 saturated carbocycles. The normalized spacial score (nSPS) is 18.9. The predicted molar refractivity (Wildman–Crippen MR) is 93.1 cm³/mol. The molecule has 1 aliphatic carbocycles. The number of nitrogens with zero attached hydrogens (tertiary/aromatic N) is 1. The largest absolute Gasteiger partial charge is 0.339 e. The molecule has 1 aromatic rings. The van der Waals surface area contributed by atoms with Crippen molar-refractivity contribution in [2.24, 2.45) is 5.92 Å². The van der Waals surface area contributed by atoms with Gasteiger partial charge in [0.05, 0.1) is 0 Å².